The average Bonchev–Trinajstić information content (AvgIpc) is 2.91. The van der Waals surface area contributed by atoms with Gasteiger partial charge < -0.3 is 5.32 Å². The second-order valence-corrected chi connectivity index (χ2v) is 6.43. The number of hydrogen-bond donors (Lipinski definition) is 3. The van der Waals surface area contributed by atoms with Crippen LogP contribution in [0.3, 0.4) is 0 Å². The van der Waals surface area contributed by atoms with Crippen molar-refractivity contribution in [3.8, 4) is 0 Å². The van der Waals surface area contributed by atoms with E-state index in [1.54, 1.807) is 18.2 Å². The summed E-state index contributed by atoms with van der Waals surface area (Å²) < 4.78 is 0.758. The van der Waals surface area contributed by atoms with Gasteiger partial charge in [0.05, 0.1) is 22.1 Å². The van der Waals surface area contributed by atoms with E-state index in [1.165, 1.54) is 6.07 Å². The Morgan fingerprint density at radius 1 is 1.00 bits per heavy atom. The van der Waals surface area contributed by atoms with Crippen LogP contribution < -0.4 is 16.4 Å². The zero-order valence-electron chi connectivity index (χ0n) is 12.9. The zero-order chi connectivity index (χ0) is 17.7. The molecule has 1 aliphatic rings. The first-order chi connectivity index (χ1) is 12.0. The number of H-pyrrole nitrogens is 2. The largest absolute Gasteiger partial charge is 0.320 e. The molecule has 1 aromatic heterocycles. The highest BCUT2D eigenvalue weighted by Crippen LogP contribution is 2.34. The molecule has 0 saturated heterocycles. The van der Waals surface area contributed by atoms with Crippen LogP contribution in [-0.4, -0.2) is 21.8 Å². The van der Waals surface area contributed by atoms with Crippen LogP contribution in [0.25, 0.3) is 10.8 Å². The van der Waals surface area contributed by atoms with Gasteiger partial charge in [-0.3, -0.25) is 24.6 Å². The van der Waals surface area contributed by atoms with Gasteiger partial charge in [-0.15, -0.1) is 0 Å². The van der Waals surface area contributed by atoms with Crippen molar-refractivity contribution in [2.45, 2.75) is 6.92 Å². The summed E-state index contributed by atoms with van der Waals surface area (Å²) in [5, 5.41) is 7.68. The quantitative estimate of drug-likeness (QED) is 0.585. The second kappa shape index (κ2) is 5.52. The van der Waals surface area contributed by atoms with Gasteiger partial charge in [-0.25, -0.2) is 4.99 Å². The van der Waals surface area contributed by atoms with Crippen molar-refractivity contribution in [1.29, 1.82) is 0 Å². The number of amides is 1. The summed E-state index contributed by atoms with van der Waals surface area (Å²) in [4.78, 5) is 40.9. The lowest BCUT2D eigenvalue weighted by molar-refractivity contribution is -0.110. The van der Waals surface area contributed by atoms with Crippen molar-refractivity contribution in [3.63, 3.8) is 0 Å². The van der Waals surface area contributed by atoms with Gasteiger partial charge in [0.25, 0.3) is 17.0 Å². The maximum absolute atomic E-state index is 12.4. The number of nitrogens with zero attached hydrogens (tertiary/aromatic N) is 1. The lowest BCUT2D eigenvalue weighted by Gasteiger charge is -2.05. The van der Waals surface area contributed by atoms with E-state index in [9.17, 15) is 14.4 Å². The van der Waals surface area contributed by atoms with Crippen LogP contribution in [0.2, 0.25) is 0 Å². The Labute approximate surface area is 148 Å². The van der Waals surface area contributed by atoms with Crippen molar-refractivity contribution >= 4 is 49.7 Å². The Hall–Kier alpha value is -3.00. The highest BCUT2D eigenvalue weighted by atomic mass is 79.9. The SMILES string of the molecule is Cc1ccc2c(c1Br)C(=Nc1cccc3c(=O)[nH][nH]c(=O)c13)C(=O)N2. The van der Waals surface area contributed by atoms with Crippen molar-refractivity contribution < 1.29 is 4.79 Å². The van der Waals surface area contributed by atoms with Crippen LogP contribution in [0.4, 0.5) is 11.4 Å². The minimum Gasteiger partial charge on any atom is -0.320 e. The maximum Gasteiger partial charge on any atom is 0.275 e. The van der Waals surface area contributed by atoms with Crippen molar-refractivity contribution in [2.24, 2.45) is 4.99 Å². The van der Waals surface area contributed by atoms with Crippen LogP contribution in [0.5, 0.6) is 0 Å². The van der Waals surface area contributed by atoms with Gasteiger partial charge in [-0.1, -0.05) is 12.1 Å². The van der Waals surface area contributed by atoms with E-state index in [0.29, 0.717) is 11.3 Å². The fourth-order valence-corrected chi connectivity index (χ4v) is 3.38. The van der Waals surface area contributed by atoms with Crippen molar-refractivity contribution in [2.75, 3.05) is 5.32 Å². The predicted molar refractivity (Wildman–Crippen MR) is 98.9 cm³/mol. The van der Waals surface area contributed by atoms with E-state index < -0.39 is 11.1 Å². The van der Waals surface area contributed by atoms with Crippen LogP contribution in [-0.2, 0) is 4.79 Å². The molecule has 0 radical (unpaired) electrons. The molecule has 2 aromatic carbocycles. The average molecular weight is 399 g/mol. The molecular weight excluding hydrogens is 388 g/mol. The van der Waals surface area contributed by atoms with Crippen LogP contribution >= 0.6 is 15.9 Å². The van der Waals surface area contributed by atoms with Gasteiger partial charge in [0.15, 0.2) is 0 Å². The third kappa shape index (κ3) is 2.33. The number of carbonyl (C=O) groups is 1. The summed E-state index contributed by atoms with van der Waals surface area (Å²) in [6.07, 6.45) is 0. The second-order valence-electron chi connectivity index (χ2n) is 5.64. The number of aromatic amines is 2. The summed E-state index contributed by atoms with van der Waals surface area (Å²) in [5.41, 5.74) is 1.79. The van der Waals surface area contributed by atoms with Crippen LogP contribution in [0.15, 0.2) is 49.4 Å². The molecule has 0 atom stereocenters. The molecule has 1 aliphatic heterocycles. The highest BCUT2D eigenvalue weighted by molar-refractivity contribution is 9.10. The molecule has 0 fully saturated rings. The molecule has 0 aliphatic carbocycles. The molecule has 1 amide bonds. The molecule has 0 bridgehead atoms. The first-order valence-corrected chi connectivity index (χ1v) is 8.20. The zero-order valence-corrected chi connectivity index (χ0v) is 14.5. The molecule has 0 unspecified atom stereocenters. The number of rotatable bonds is 1. The number of anilines is 1. The molecular formula is C17H11BrN4O3. The molecule has 3 aromatic rings. The van der Waals surface area contributed by atoms with Crippen molar-refractivity contribution in [1.82, 2.24) is 10.2 Å². The number of fused-ring (bicyclic) bond motifs is 2. The molecule has 4 rings (SSSR count). The molecule has 25 heavy (non-hydrogen) atoms. The van der Waals surface area contributed by atoms with Gasteiger partial charge in [0, 0.05) is 10.0 Å². The van der Waals surface area contributed by atoms with Crippen molar-refractivity contribution in [3.05, 3.63) is 66.6 Å². The third-order valence-corrected chi connectivity index (χ3v) is 5.09. The first-order valence-electron chi connectivity index (χ1n) is 7.40. The van der Waals surface area contributed by atoms with Gasteiger partial charge in [0.2, 0.25) is 0 Å². The van der Waals surface area contributed by atoms with E-state index in [2.05, 4.69) is 36.4 Å². The predicted octanol–water partition coefficient (Wildman–Crippen LogP) is 2.36. The molecule has 0 saturated carbocycles. The van der Waals surface area contributed by atoms with E-state index in [4.69, 9.17) is 0 Å². The number of aromatic nitrogens is 2. The monoisotopic (exact) mass is 398 g/mol. The highest BCUT2D eigenvalue weighted by Gasteiger charge is 2.29. The van der Waals surface area contributed by atoms with Gasteiger partial charge in [-0.05, 0) is 46.6 Å². The fraction of sp³-hybridized carbons (Fsp3) is 0.0588. The summed E-state index contributed by atoms with van der Waals surface area (Å²) in [6, 6.07) is 8.44. The van der Waals surface area contributed by atoms with Crippen LogP contribution in [0.1, 0.15) is 11.1 Å². The normalized spacial score (nSPS) is 14.8. The Morgan fingerprint density at radius 2 is 1.76 bits per heavy atom. The lowest BCUT2D eigenvalue weighted by atomic mass is 10.1. The lowest BCUT2D eigenvalue weighted by Crippen LogP contribution is -2.19. The number of aryl methyl sites for hydroxylation is 1. The number of benzene rings is 2. The van der Waals surface area contributed by atoms with E-state index in [0.717, 1.165) is 10.0 Å². The van der Waals surface area contributed by atoms with Crippen LogP contribution in [0, 0.1) is 6.92 Å². The summed E-state index contributed by atoms with van der Waals surface area (Å²) in [7, 11) is 0. The van der Waals surface area contributed by atoms with E-state index in [1.807, 2.05) is 13.0 Å². The molecule has 124 valence electrons. The third-order valence-electron chi connectivity index (χ3n) is 4.07. The maximum atomic E-state index is 12.4. The van der Waals surface area contributed by atoms with E-state index >= 15 is 0 Å². The minimum atomic E-state index is -0.475. The summed E-state index contributed by atoms with van der Waals surface area (Å²) >= 11 is 3.49. The smallest absolute Gasteiger partial charge is 0.275 e. The fourth-order valence-electron chi connectivity index (χ4n) is 2.84. The van der Waals surface area contributed by atoms with Gasteiger partial charge in [-0.2, -0.15) is 0 Å². The minimum absolute atomic E-state index is 0.142. The van der Waals surface area contributed by atoms with Gasteiger partial charge >= 0.3 is 0 Å². The number of hydrogen-bond acceptors (Lipinski definition) is 4. The Balaban J connectivity index is 2.04. The molecule has 7 nitrogen and oxygen atoms in total. The summed E-state index contributed by atoms with van der Waals surface area (Å²) in [6.45, 7) is 1.91. The molecule has 8 heteroatoms. The molecule has 3 N–H and O–H groups in total. The van der Waals surface area contributed by atoms with E-state index in [-0.39, 0.29) is 28.1 Å². The standard InChI is InChI=1S/C17H11BrN4O3/c1-7-5-6-10-12(13(7)18)14(17(25)20-10)19-9-4-2-3-8-11(9)16(24)22-21-15(8)23/h2-6H,1H3,(H,21,23)(H,22,24)(H,19,20,25). The number of carbonyl (C=O) groups excluding carboxylic acids is 1. The number of aliphatic imine (C=N–C) groups is 1. The topological polar surface area (TPSA) is 107 Å². The number of halogens is 1. The Morgan fingerprint density at radius 3 is 2.56 bits per heavy atom. The number of nitrogens with one attached hydrogen (secondary N) is 3. The molecule has 2 heterocycles. The first kappa shape index (κ1) is 15.5. The molecule has 0 spiro atoms. The summed E-state index contributed by atoms with van der Waals surface area (Å²) in [5.74, 6) is -0.362. The Kier molecular flexibility index (Phi) is 3.43. The Bertz CT molecular complexity index is 1210. The van der Waals surface area contributed by atoms with Gasteiger partial charge in [0.1, 0.15) is 5.71 Å².